The van der Waals surface area contributed by atoms with E-state index in [0.29, 0.717) is 11.1 Å². The Hall–Kier alpha value is -2.68. The van der Waals surface area contributed by atoms with E-state index in [0.717, 1.165) is 12.0 Å². The molecule has 0 amide bonds. The van der Waals surface area contributed by atoms with Crippen molar-refractivity contribution in [1.29, 1.82) is 0 Å². The summed E-state index contributed by atoms with van der Waals surface area (Å²) in [6.07, 6.45) is 4.28. The maximum absolute atomic E-state index is 12.1. The molecule has 0 spiro atoms. The molecule has 0 saturated carbocycles. The molecular formula is C19H18O3. The molecule has 0 aromatic heterocycles. The fraction of sp³-hybridized carbons (Fsp3) is 0.158. The second-order valence-corrected chi connectivity index (χ2v) is 5.06. The van der Waals surface area contributed by atoms with Crippen LogP contribution in [0, 0.1) is 0 Å². The van der Waals surface area contributed by atoms with Crippen LogP contribution in [-0.2, 0) is 17.6 Å². The van der Waals surface area contributed by atoms with Crippen LogP contribution < -0.4 is 0 Å². The van der Waals surface area contributed by atoms with Gasteiger partial charge in [0.1, 0.15) is 0 Å². The summed E-state index contributed by atoms with van der Waals surface area (Å²) in [5.74, 6) is -0.976. The topological polar surface area (TPSA) is 54.4 Å². The van der Waals surface area contributed by atoms with Crippen LogP contribution in [0.4, 0.5) is 0 Å². The van der Waals surface area contributed by atoms with Gasteiger partial charge in [0.2, 0.25) is 0 Å². The number of hydrogen-bond donors (Lipinski definition) is 1. The number of aryl methyl sites for hydroxylation is 1. The van der Waals surface area contributed by atoms with Crippen LogP contribution in [0.15, 0.2) is 54.6 Å². The zero-order valence-electron chi connectivity index (χ0n) is 12.5. The Balaban J connectivity index is 2.04. The van der Waals surface area contributed by atoms with Crippen LogP contribution in [0.5, 0.6) is 0 Å². The molecule has 22 heavy (non-hydrogen) atoms. The summed E-state index contributed by atoms with van der Waals surface area (Å²) in [5.41, 5.74) is 3.48. The van der Waals surface area contributed by atoms with Crippen LogP contribution in [0.1, 0.15) is 34.0 Å². The monoisotopic (exact) mass is 294 g/mol. The van der Waals surface area contributed by atoms with Crippen molar-refractivity contribution in [2.24, 2.45) is 0 Å². The van der Waals surface area contributed by atoms with Crippen molar-refractivity contribution in [3.63, 3.8) is 0 Å². The minimum Gasteiger partial charge on any atom is -0.481 e. The molecule has 3 nitrogen and oxygen atoms in total. The molecule has 0 unspecified atom stereocenters. The number of carbonyl (C=O) groups excluding carboxylic acids is 1. The van der Waals surface area contributed by atoms with E-state index in [1.807, 2.05) is 24.3 Å². The quantitative estimate of drug-likeness (QED) is 0.651. The van der Waals surface area contributed by atoms with Gasteiger partial charge in [-0.1, -0.05) is 61.5 Å². The summed E-state index contributed by atoms with van der Waals surface area (Å²) in [4.78, 5) is 22.7. The van der Waals surface area contributed by atoms with E-state index in [9.17, 15) is 9.59 Å². The first-order valence-corrected chi connectivity index (χ1v) is 7.20. The molecule has 1 N–H and O–H groups in total. The average molecular weight is 294 g/mol. The largest absolute Gasteiger partial charge is 0.481 e. The van der Waals surface area contributed by atoms with Crippen LogP contribution in [0.3, 0.4) is 0 Å². The van der Waals surface area contributed by atoms with Gasteiger partial charge in [0.25, 0.3) is 0 Å². The Labute approximate surface area is 129 Å². The number of allylic oxidation sites excluding steroid dienone is 1. The van der Waals surface area contributed by atoms with E-state index in [1.54, 1.807) is 30.3 Å². The Morgan fingerprint density at radius 1 is 0.955 bits per heavy atom. The first kappa shape index (κ1) is 15.7. The molecule has 0 aliphatic heterocycles. The summed E-state index contributed by atoms with van der Waals surface area (Å²) in [5, 5.41) is 8.71. The molecule has 0 fully saturated rings. The molecular weight excluding hydrogens is 276 g/mol. The number of carboxylic acids is 1. The maximum Gasteiger partial charge on any atom is 0.307 e. The van der Waals surface area contributed by atoms with Crippen molar-refractivity contribution < 1.29 is 14.7 Å². The highest BCUT2D eigenvalue weighted by Gasteiger charge is 2.04. The van der Waals surface area contributed by atoms with Gasteiger partial charge < -0.3 is 5.11 Å². The predicted octanol–water partition coefficient (Wildman–Crippen LogP) is 3.77. The number of ketones is 1. The highest BCUT2D eigenvalue weighted by atomic mass is 16.4. The lowest BCUT2D eigenvalue weighted by molar-refractivity contribution is -0.136. The normalized spacial score (nSPS) is 10.8. The minimum atomic E-state index is -0.880. The van der Waals surface area contributed by atoms with E-state index in [-0.39, 0.29) is 12.2 Å². The Bertz CT molecular complexity index is 680. The van der Waals surface area contributed by atoms with E-state index >= 15 is 0 Å². The van der Waals surface area contributed by atoms with Gasteiger partial charge in [-0.25, -0.2) is 0 Å². The maximum atomic E-state index is 12.1. The van der Waals surface area contributed by atoms with Gasteiger partial charge in [-0.3, -0.25) is 9.59 Å². The van der Waals surface area contributed by atoms with Crippen molar-refractivity contribution in [2.75, 3.05) is 0 Å². The summed E-state index contributed by atoms with van der Waals surface area (Å²) in [6, 6.07) is 14.7. The molecule has 2 rings (SSSR count). The lowest BCUT2D eigenvalue weighted by Crippen LogP contribution is -2.01. The summed E-state index contributed by atoms with van der Waals surface area (Å²) >= 11 is 0. The van der Waals surface area contributed by atoms with Crippen molar-refractivity contribution >= 4 is 17.8 Å². The van der Waals surface area contributed by atoms with Gasteiger partial charge in [0.05, 0.1) is 6.42 Å². The van der Waals surface area contributed by atoms with Crippen LogP contribution in [0.2, 0.25) is 0 Å². The minimum absolute atomic E-state index is 0.0336. The molecule has 0 saturated heterocycles. The average Bonchev–Trinajstić information content (AvgIpc) is 2.53. The Morgan fingerprint density at radius 3 is 2.09 bits per heavy atom. The highest BCUT2D eigenvalue weighted by molar-refractivity contribution is 6.06. The second kappa shape index (κ2) is 7.36. The number of rotatable bonds is 6. The number of hydrogen-bond acceptors (Lipinski definition) is 2. The van der Waals surface area contributed by atoms with E-state index in [2.05, 4.69) is 6.92 Å². The van der Waals surface area contributed by atoms with Crippen molar-refractivity contribution in [3.05, 3.63) is 76.9 Å². The fourth-order valence-electron chi connectivity index (χ4n) is 2.09. The predicted molar refractivity (Wildman–Crippen MR) is 87.0 cm³/mol. The van der Waals surface area contributed by atoms with E-state index in [1.165, 1.54) is 11.6 Å². The molecule has 0 atom stereocenters. The van der Waals surface area contributed by atoms with E-state index < -0.39 is 5.97 Å². The first-order chi connectivity index (χ1) is 10.6. The lowest BCUT2D eigenvalue weighted by Gasteiger charge is -2.00. The molecule has 0 radical (unpaired) electrons. The third kappa shape index (κ3) is 4.42. The van der Waals surface area contributed by atoms with Gasteiger partial charge in [-0.05, 0) is 29.2 Å². The lowest BCUT2D eigenvalue weighted by atomic mass is 10.0. The molecule has 0 aliphatic carbocycles. The zero-order valence-corrected chi connectivity index (χ0v) is 12.5. The summed E-state index contributed by atoms with van der Waals surface area (Å²) in [6.45, 7) is 2.10. The molecule has 2 aromatic rings. The third-order valence-corrected chi connectivity index (χ3v) is 3.41. The standard InChI is InChI=1S/C19H18O3/c1-2-14-3-5-15(6-4-14)9-12-18(20)17-10-7-16(8-11-17)13-19(21)22/h3-12H,2,13H2,1H3,(H,21,22)/b12-9+. The van der Waals surface area contributed by atoms with Gasteiger partial charge in [-0.15, -0.1) is 0 Å². The SMILES string of the molecule is CCc1ccc(/C=C/C(=O)c2ccc(CC(=O)O)cc2)cc1. The summed E-state index contributed by atoms with van der Waals surface area (Å²) in [7, 11) is 0. The molecule has 2 aromatic carbocycles. The third-order valence-electron chi connectivity index (χ3n) is 3.41. The first-order valence-electron chi connectivity index (χ1n) is 7.20. The molecule has 3 heteroatoms. The van der Waals surface area contributed by atoms with Gasteiger partial charge in [0.15, 0.2) is 5.78 Å². The van der Waals surface area contributed by atoms with Crippen LogP contribution in [-0.4, -0.2) is 16.9 Å². The van der Waals surface area contributed by atoms with Crippen molar-refractivity contribution in [3.8, 4) is 0 Å². The number of benzene rings is 2. The van der Waals surface area contributed by atoms with Gasteiger partial charge in [0, 0.05) is 5.56 Å². The zero-order chi connectivity index (χ0) is 15.9. The molecule has 0 heterocycles. The molecule has 112 valence electrons. The van der Waals surface area contributed by atoms with Gasteiger partial charge >= 0.3 is 5.97 Å². The molecule has 0 bridgehead atoms. The Kier molecular flexibility index (Phi) is 5.26. The Morgan fingerprint density at radius 2 is 1.55 bits per heavy atom. The van der Waals surface area contributed by atoms with Crippen molar-refractivity contribution in [2.45, 2.75) is 19.8 Å². The van der Waals surface area contributed by atoms with Crippen LogP contribution in [0.25, 0.3) is 6.08 Å². The second-order valence-electron chi connectivity index (χ2n) is 5.06. The highest BCUT2D eigenvalue weighted by Crippen LogP contribution is 2.10. The summed E-state index contributed by atoms with van der Waals surface area (Å²) < 4.78 is 0. The van der Waals surface area contributed by atoms with Gasteiger partial charge in [-0.2, -0.15) is 0 Å². The van der Waals surface area contributed by atoms with Crippen molar-refractivity contribution in [1.82, 2.24) is 0 Å². The smallest absolute Gasteiger partial charge is 0.307 e. The fourth-order valence-corrected chi connectivity index (χ4v) is 2.09. The van der Waals surface area contributed by atoms with E-state index in [4.69, 9.17) is 5.11 Å². The number of aliphatic carboxylic acids is 1. The molecule has 0 aliphatic rings. The number of carboxylic acid groups (broad SMARTS) is 1. The number of carbonyl (C=O) groups is 2. The van der Waals surface area contributed by atoms with Crippen LogP contribution >= 0.6 is 0 Å².